The molecule has 0 bridgehead atoms. The van der Waals surface area contributed by atoms with Crippen LogP contribution in [0.2, 0.25) is 0 Å². The first-order chi connectivity index (χ1) is 6.72. The third-order valence-electron chi connectivity index (χ3n) is 1.90. The Bertz CT molecular complexity index is 548. The summed E-state index contributed by atoms with van der Waals surface area (Å²) in [5.41, 5.74) is 0.564. The molecule has 0 saturated carbocycles. The molecular weight excluding hydrogens is 182 g/mol. The van der Waals surface area contributed by atoms with Crippen molar-refractivity contribution < 1.29 is 14.3 Å². The maximum Gasteiger partial charge on any atom is 0.336 e. The zero-order chi connectivity index (χ0) is 10.1. The molecule has 0 unspecified atom stereocenters. The molecule has 0 fully saturated rings. The maximum atomic E-state index is 10.8. The second-order valence-electron chi connectivity index (χ2n) is 2.74. The molecule has 4 heteroatoms. The van der Waals surface area contributed by atoms with Gasteiger partial charge in [0.1, 0.15) is 11.7 Å². The lowest BCUT2D eigenvalue weighted by atomic mass is 10.1. The minimum atomic E-state index is -1.03. The largest absolute Gasteiger partial charge is 0.478 e. The maximum absolute atomic E-state index is 10.8. The molecule has 1 aromatic carbocycles. The summed E-state index contributed by atoms with van der Waals surface area (Å²) in [5.74, 6) is -0.908. The van der Waals surface area contributed by atoms with Crippen LogP contribution in [-0.2, 0) is 0 Å². The first-order valence-corrected chi connectivity index (χ1v) is 3.88. The zero-order valence-corrected chi connectivity index (χ0v) is 7.02. The quantitative estimate of drug-likeness (QED) is 0.740. The van der Waals surface area contributed by atoms with Crippen LogP contribution in [-0.4, -0.2) is 11.1 Å². The Morgan fingerprint density at radius 3 is 2.93 bits per heavy atom. The van der Waals surface area contributed by atoms with Crippen LogP contribution in [0.3, 0.4) is 0 Å². The van der Waals surface area contributed by atoms with Gasteiger partial charge in [-0.05, 0) is 12.1 Å². The predicted octanol–water partition coefficient (Wildman–Crippen LogP) is 2.00. The molecule has 68 valence electrons. The van der Waals surface area contributed by atoms with E-state index in [1.54, 1.807) is 12.1 Å². The van der Waals surface area contributed by atoms with E-state index in [2.05, 4.69) is 0 Å². The molecule has 14 heavy (non-hydrogen) atoms. The van der Waals surface area contributed by atoms with Gasteiger partial charge in [-0.25, -0.2) is 4.79 Å². The van der Waals surface area contributed by atoms with Gasteiger partial charge in [0.05, 0.1) is 5.56 Å². The minimum absolute atomic E-state index is 0.119. The van der Waals surface area contributed by atoms with Gasteiger partial charge in [-0.2, -0.15) is 5.26 Å². The molecule has 0 atom stereocenters. The Kier molecular flexibility index (Phi) is 1.72. The van der Waals surface area contributed by atoms with Crippen LogP contribution >= 0.6 is 0 Å². The average Bonchev–Trinajstić information content (AvgIpc) is 2.59. The van der Waals surface area contributed by atoms with E-state index in [0.717, 1.165) is 0 Å². The number of furan rings is 1. The highest BCUT2D eigenvalue weighted by molar-refractivity contribution is 6.02. The van der Waals surface area contributed by atoms with Crippen molar-refractivity contribution in [1.29, 1.82) is 5.26 Å². The number of benzene rings is 1. The summed E-state index contributed by atoms with van der Waals surface area (Å²) in [5, 5.41) is 17.9. The van der Waals surface area contributed by atoms with Gasteiger partial charge in [0.25, 0.3) is 0 Å². The van der Waals surface area contributed by atoms with Crippen molar-refractivity contribution in [3.05, 3.63) is 35.6 Å². The summed E-state index contributed by atoms with van der Waals surface area (Å²) < 4.78 is 5.08. The number of nitrogens with zero attached hydrogens (tertiary/aromatic N) is 1. The van der Waals surface area contributed by atoms with E-state index in [4.69, 9.17) is 14.8 Å². The standard InChI is InChI=1S/C10H5NO3/c11-5-6-4-8-7(10(12)13)2-1-3-9(8)14-6/h1-4H,(H,12,13). The van der Waals surface area contributed by atoms with Crippen LogP contribution in [0.1, 0.15) is 16.1 Å². The van der Waals surface area contributed by atoms with Crippen molar-refractivity contribution in [3.8, 4) is 6.07 Å². The van der Waals surface area contributed by atoms with Gasteiger partial charge < -0.3 is 9.52 Å². The van der Waals surface area contributed by atoms with Crippen molar-refractivity contribution >= 4 is 16.9 Å². The van der Waals surface area contributed by atoms with Crippen molar-refractivity contribution in [2.24, 2.45) is 0 Å². The normalized spacial score (nSPS) is 9.93. The van der Waals surface area contributed by atoms with E-state index in [9.17, 15) is 4.79 Å². The average molecular weight is 187 g/mol. The van der Waals surface area contributed by atoms with E-state index < -0.39 is 5.97 Å². The number of carbonyl (C=O) groups is 1. The van der Waals surface area contributed by atoms with Gasteiger partial charge in [0.15, 0.2) is 0 Å². The second kappa shape index (κ2) is 2.89. The summed E-state index contributed by atoms with van der Waals surface area (Å²) >= 11 is 0. The molecule has 1 N–H and O–H groups in total. The smallest absolute Gasteiger partial charge is 0.336 e. The summed E-state index contributed by atoms with van der Waals surface area (Å²) in [7, 11) is 0. The van der Waals surface area contributed by atoms with Gasteiger partial charge in [0, 0.05) is 11.5 Å². The fourth-order valence-electron chi connectivity index (χ4n) is 1.30. The Morgan fingerprint density at radius 2 is 2.29 bits per heavy atom. The van der Waals surface area contributed by atoms with E-state index in [1.807, 2.05) is 6.07 Å². The molecule has 1 aromatic heterocycles. The fraction of sp³-hybridized carbons (Fsp3) is 0. The first-order valence-electron chi connectivity index (χ1n) is 3.88. The highest BCUT2D eigenvalue weighted by Gasteiger charge is 2.11. The molecule has 0 radical (unpaired) electrons. The van der Waals surface area contributed by atoms with Crippen LogP contribution in [0.25, 0.3) is 11.0 Å². The highest BCUT2D eigenvalue weighted by atomic mass is 16.4. The SMILES string of the molecule is N#Cc1cc2c(C(=O)O)cccc2o1. The third-order valence-corrected chi connectivity index (χ3v) is 1.90. The number of carboxylic acids is 1. The molecule has 0 aliphatic heterocycles. The van der Waals surface area contributed by atoms with Crippen molar-refractivity contribution in [3.63, 3.8) is 0 Å². The molecular formula is C10H5NO3. The van der Waals surface area contributed by atoms with E-state index >= 15 is 0 Å². The number of aromatic carboxylic acids is 1. The summed E-state index contributed by atoms with van der Waals surface area (Å²) in [6, 6.07) is 7.93. The van der Waals surface area contributed by atoms with E-state index in [1.165, 1.54) is 12.1 Å². The van der Waals surface area contributed by atoms with Crippen molar-refractivity contribution in [2.45, 2.75) is 0 Å². The molecule has 2 rings (SSSR count). The number of carboxylic acid groups (broad SMARTS) is 1. The number of rotatable bonds is 1. The summed E-state index contributed by atoms with van der Waals surface area (Å²) in [6.45, 7) is 0. The van der Waals surface area contributed by atoms with E-state index in [-0.39, 0.29) is 11.3 Å². The van der Waals surface area contributed by atoms with E-state index in [0.29, 0.717) is 11.0 Å². The number of hydrogen-bond acceptors (Lipinski definition) is 3. The summed E-state index contributed by atoms with van der Waals surface area (Å²) in [6.07, 6.45) is 0. The number of nitriles is 1. The van der Waals surface area contributed by atoms with Gasteiger partial charge in [-0.3, -0.25) is 0 Å². The van der Waals surface area contributed by atoms with Gasteiger partial charge in [0.2, 0.25) is 5.76 Å². The van der Waals surface area contributed by atoms with Gasteiger partial charge >= 0.3 is 5.97 Å². The molecule has 1 heterocycles. The highest BCUT2D eigenvalue weighted by Crippen LogP contribution is 2.22. The fourth-order valence-corrected chi connectivity index (χ4v) is 1.30. The monoisotopic (exact) mass is 187 g/mol. The zero-order valence-electron chi connectivity index (χ0n) is 7.02. The molecule has 2 aromatic rings. The Labute approximate surface area is 79.0 Å². The van der Waals surface area contributed by atoms with Gasteiger partial charge in [-0.15, -0.1) is 0 Å². The van der Waals surface area contributed by atoms with Crippen molar-refractivity contribution in [2.75, 3.05) is 0 Å². The Morgan fingerprint density at radius 1 is 1.50 bits per heavy atom. The molecule has 0 spiro atoms. The first kappa shape index (κ1) is 8.32. The third kappa shape index (κ3) is 1.12. The van der Waals surface area contributed by atoms with Crippen LogP contribution in [0.5, 0.6) is 0 Å². The minimum Gasteiger partial charge on any atom is -0.478 e. The lowest BCUT2D eigenvalue weighted by Crippen LogP contribution is -1.95. The summed E-state index contributed by atoms with van der Waals surface area (Å²) in [4.78, 5) is 10.8. The van der Waals surface area contributed by atoms with Crippen LogP contribution in [0, 0.1) is 11.3 Å². The van der Waals surface area contributed by atoms with Crippen LogP contribution in [0.15, 0.2) is 28.7 Å². The predicted molar refractivity (Wildman–Crippen MR) is 47.9 cm³/mol. The Balaban J connectivity index is 2.81. The molecule has 0 saturated heterocycles. The topological polar surface area (TPSA) is 74.2 Å². The molecule has 4 nitrogen and oxygen atoms in total. The van der Waals surface area contributed by atoms with Crippen LogP contribution < -0.4 is 0 Å². The van der Waals surface area contributed by atoms with Crippen molar-refractivity contribution in [1.82, 2.24) is 0 Å². The van der Waals surface area contributed by atoms with Gasteiger partial charge in [-0.1, -0.05) is 6.07 Å². The Hall–Kier alpha value is -2.28. The lowest BCUT2D eigenvalue weighted by molar-refractivity contribution is 0.0699. The molecule has 0 aliphatic rings. The lowest BCUT2D eigenvalue weighted by Gasteiger charge is -1.93. The number of fused-ring (bicyclic) bond motifs is 1. The van der Waals surface area contributed by atoms with Crippen LogP contribution in [0.4, 0.5) is 0 Å². The molecule has 0 aliphatic carbocycles. The molecule has 0 amide bonds. The number of hydrogen-bond donors (Lipinski definition) is 1. The second-order valence-corrected chi connectivity index (χ2v) is 2.74.